The number of fused-ring (bicyclic) bond motifs is 2. The molecule has 2 unspecified atom stereocenters. The Kier molecular flexibility index (Phi) is 1.92. The minimum atomic E-state index is 0.777. The quantitative estimate of drug-likeness (QED) is 0.558. The predicted molar refractivity (Wildman–Crippen MR) is 47.6 cm³/mol. The minimum absolute atomic E-state index is 0.777. The van der Waals surface area contributed by atoms with Crippen molar-refractivity contribution in [1.82, 2.24) is 4.90 Å². The van der Waals surface area contributed by atoms with Crippen molar-refractivity contribution in [2.75, 3.05) is 6.54 Å². The molecule has 2 rings (SSSR count). The highest BCUT2D eigenvalue weighted by Gasteiger charge is 2.34. The van der Waals surface area contributed by atoms with Crippen molar-refractivity contribution in [3.8, 4) is 0 Å². The van der Waals surface area contributed by atoms with Crippen LogP contribution in [0.3, 0.4) is 0 Å². The Hall–Kier alpha value is -0.0400. The molecule has 0 amide bonds. The summed E-state index contributed by atoms with van der Waals surface area (Å²) >= 11 is 0. The van der Waals surface area contributed by atoms with E-state index in [-0.39, 0.29) is 0 Å². The fourth-order valence-electron chi connectivity index (χ4n) is 2.81. The number of piperidine rings is 1. The maximum Gasteiger partial charge on any atom is 0.0101 e. The van der Waals surface area contributed by atoms with E-state index in [0.29, 0.717) is 0 Å². The summed E-state index contributed by atoms with van der Waals surface area (Å²) in [5.74, 6) is 1.09. The topological polar surface area (TPSA) is 3.24 Å². The summed E-state index contributed by atoms with van der Waals surface area (Å²) in [6.45, 7) is 6.03. The zero-order valence-electron chi connectivity index (χ0n) is 7.71. The molecule has 64 valence electrons. The van der Waals surface area contributed by atoms with E-state index in [0.717, 1.165) is 18.0 Å². The molecule has 2 atom stereocenters. The van der Waals surface area contributed by atoms with Crippen LogP contribution in [-0.2, 0) is 0 Å². The molecule has 0 aromatic carbocycles. The number of nitrogens with zero attached hydrogens (tertiary/aromatic N) is 1. The van der Waals surface area contributed by atoms with Crippen molar-refractivity contribution < 1.29 is 0 Å². The summed E-state index contributed by atoms with van der Waals surface area (Å²) in [7, 11) is 0. The van der Waals surface area contributed by atoms with E-state index < -0.39 is 0 Å². The fraction of sp³-hybridized carbons (Fsp3) is 1.00. The Labute approximate surface area is 69.8 Å². The fourth-order valence-corrected chi connectivity index (χ4v) is 2.81. The Morgan fingerprint density at radius 1 is 1.18 bits per heavy atom. The monoisotopic (exact) mass is 153 g/mol. The third-order valence-electron chi connectivity index (χ3n) is 3.44. The van der Waals surface area contributed by atoms with Crippen molar-refractivity contribution in [1.29, 1.82) is 0 Å². The van der Waals surface area contributed by atoms with Gasteiger partial charge < -0.3 is 0 Å². The molecule has 11 heavy (non-hydrogen) atoms. The van der Waals surface area contributed by atoms with Gasteiger partial charge in [0.2, 0.25) is 0 Å². The van der Waals surface area contributed by atoms with Gasteiger partial charge in [0.1, 0.15) is 0 Å². The zero-order chi connectivity index (χ0) is 7.84. The van der Waals surface area contributed by atoms with Crippen LogP contribution in [0.25, 0.3) is 0 Å². The van der Waals surface area contributed by atoms with Crippen LogP contribution >= 0.6 is 0 Å². The minimum Gasteiger partial charge on any atom is -0.298 e. The number of hydrogen-bond acceptors (Lipinski definition) is 1. The van der Waals surface area contributed by atoms with Crippen LogP contribution in [0.4, 0.5) is 0 Å². The van der Waals surface area contributed by atoms with Crippen LogP contribution in [0.15, 0.2) is 0 Å². The summed E-state index contributed by atoms with van der Waals surface area (Å²) in [5, 5.41) is 0. The first-order valence-corrected chi connectivity index (χ1v) is 5.03. The van der Waals surface area contributed by atoms with Gasteiger partial charge in [-0.3, -0.25) is 4.90 Å². The second kappa shape index (κ2) is 2.78. The molecule has 1 nitrogen and oxygen atoms in total. The summed E-state index contributed by atoms with van der Waals surface area (Å²) in [6.07, 6.45) is 5.95. The normalized spacial score (nSPS) is 38.5. The second-order valence-corrected chi connectivity index (χ2v) is 4.45. The number of rotatable bonds is 1. The molecule has 2 bridgehead atoms. The molecule has 2 fully saturated rings. The molecular weight excluding hydrogens is 134 g/mol. The average Bonchev–Trinajstić information content (AvgIpc) is 2.32. The van der Waals surface area contributed by atoms with Crippen LogP contribution in [0, 0.1) is 5.92 Å². The van der Waals surface area contributed by atoms with Crippen LogP contribution in [0.5, 0.6) is 0 Å². The highest BCUT2D eigenvalue weighted by atomic mass is 15.2. The van der Waals surface area contributed by atoms with Gasteiger partial charge in [0.25, 0.3) is 0 Å². The van der Waals surface area contributed by atoms with Gasteiger partial charge in [0.15, 0.2) is 0 Å². The summed E-state index contributed by atoms with van der Waals surface area (Å²) in [6, 6.07) is 1.73. The first-order chi connectivity index (χ1) is 5.27. The molecule has 0 spiro atoms. The van der Waals surface area contributed by atoms with Gasteiger partial charge in [0, 0.05) is 12.1 Å². The molecular formula is C10H19N. The Bertz CT molecular complexity index is 142. The first-order valence-electron chi connectivity index (χ1n) is 5.03. The molecule has 2 aliphatic rings. The smallest absolute Gasteiger partial charge is 0.0101 e. The Morgan fingerprint density at radius 2 is 2.00 bits per heavy atom. The van der Waals surface area contributed by atoms with Crippen molar-refractivity contribution in [3.63, 3.8) is 0 Å². The molecule has 1 heterocycles. The van der Waals surface area contributed by atoms with Gasteiger partial charge in [0.05, 0.1) is 0 Å². The standard InChI is InChI=1S/C10H19N/c1-8(2)11-6-5-9-3-4-10(11)7-9/h8-10H,3-7H2,1-2H3. The molecule has 1 saturated heterocycles. The lowest BCUT2D eigenvalue weighted by Crippen LogP contribution is -2.42. The lowest BCUT2D eigenvalue weighted by molar-refractivity contribution is 0.119. The van der Waals surface area contributed by atoms with Crippen LogP contribution in [-0.4, -0.2) is 23.5 Å². The second-order valence-electron chi connectivity index (χ2n) is 4.45. The molecule has 0 radical (unpaired) electrons. The van der Waals surface area contributed by atoms with E-state index in [9.17, 15) is 0 Å². The number of hydrogen-bond donors (Lipinski definition) is 0. The molecule has 0 aromatic heterocycles. The average molecular weight is 153 g/mol. The van der Waals surface area contributed by atoms with E-state index in [1.165, 1.54) is 32.2 Å². The third-order valence-corrected chi connectivity index (χ3v) is 3.44. The van der Waals surface area contributed by atoms with Crippen LogP contribution < -0.4 is 0 Å². The van der Waals surface area contributed by atoms with Gasteiger partial charge >= 0.3 is 0 Å². The van der Waals surface area contributed by atoms with Gasteiger partial charge in [-0.05, 0) is 52.0 Å². The van der Waals surface area contributed by atoms with E-state index >= 15 is 0 Å². The maximum atomic E-state index is 2.70. The van der Waals surface area contributed by atoms with E-state index in [4.69, 9.17) is 0 Å². The predicted octanol–water partition coefficient (Wildman–Crippen LogP) is 2.27. The zero-order valence-corrected chi connectivity index (χ0v) is 7.71. The lowest BCUT2D eigenvalue weighted by atomic mass is 9.98. The van der Waals surface area contributed by atoms with Gasteiger partial charge in [-0.2, -0.15) is 0 Å². The first kappa shape index (κ1) is 7.60. The molecule has 1 heteroatoms. The summed E-state index contributed by atoms with van der Waals surface area (Å²) < 4.78 is 0. The van der Waals surface area contributed by atoms with E-state index in [2.05, 4.69) is 18.7 Å². The van der Waals surface area contributed by atoms with Crippen molar-refractivity contribution in [2.24, 2.45) is 5.92 Å². The summed E-state index contributed by atoms with van der Waals surface area (Å²) in [4.78, 5) is 2.70. The number of likely N-dealkylation sites (tertiary alicyclic amines) is 1. The summed E-state index contributed by atoms with van der Waals surface area (Å²) in [5.41, 5.74) is 0. The third kappa shape index (κ3) is 1.31. The highest BCUT2D eigenvalue weighted by Crippen LogP contribution is 2.37. The molecule has 0 aromatic rings. The van der Waals surface area contributed by atoms with Crippen LogP contribution in [0.1, 0.15) is 39.5 Å². The van der Waals surface area contributed by atoms with E-state index in [1.54, 1.807) is 0 Å². The van der Waals surface area contributed by atoms with Crippen molar-refractivity contribution in [3.05, 3.63) is 0 Å². The molecule has 1 aliphatic heterocycles. The highest BCUT2D eigenvalue weighted by molar-refractivity contribution is 4.89. The SMILES string of the molecule is CC(C)N1CCC2CCC1C2. The molecule has 0 N–H and O–H groups in total. The van der Waals surface area contributed by atoms with Gasteiger partial charge in [-0.1, -0.05) is 0 Å². The molecule has 1 aliphatic carbocycles. The van der Waals surface area contributed by atoms with Gasteiger partial charge in [-0.15, -0.1) is 0 Å². The Balaban J connectivity index is 2.01. The molecule has 1 saturated carbocycles. The van der Waals surface area contributed by atoms with Crippen molar-refractivity contribution in [2.45, 2.75) is 51.6 Å². The Morgan fingerprint density at radius 3 is 2.73 bits per heavy atom. The van der Waals surface area contributed by atoms with Gasteiger partial charge in [-0.25, -0.2) is 0 Å². The van der Waals surface area contributed by atoms with Crippen molar-refractivity contribution >= 4 is 0 Å². The maximum absolute atomic E-state index is 2.70. The lowest BCUT2D eigenvalue weighted by Gasteiger charge is -2.36. The largest absolute Gasteiger partial charge is 0.298 e. The van der Waals surface area contributed by atoms with E-state index in [1.807, 2.05) is 0 Å². The van der Waals surface area contributed by atoms with Crippen LogP contribution in [0.2, 0.25) is 0 Å².